The van der Waals surface area contributed by atoms with Crippen molar-refractivity contribution in [2.24, 2.45) is 0 Å². The van der Waals surface area contributed by atoms with Gasteiger partial charge in [0.15, 0.2) is 0 Å². The average Bonchev–Trinajstić information content (AvgIpc) is 2.92. The largest absolute Gasteiger partial charge is 0.381 e. The summed E-state index contributed by atoms with van der Waals surface area (Å²) in [6, 6.07) is 11.2. The zero-order valence-electron chi connectivity index (χ0n) is 11.5. The number of hydrogen-bond donors (Lipinski definition) is 2. The molecule has 1 aromatic heterocycles. The zero-order chi connectivity index (χ0) is 14.6. The van der Waals surface area contributed by atoms with Gasteiger partial charge in [0, 0.05) is 17.3 Å². The lowest BCUT2D eigenvalue weighted by Crippen LogP contribution is -2.23. The molecule has 108 valence electrons. The quantitative estimate of drug-likeness (QED) is 0.862. The highest BCUT2D eigenvalue weighted by molar-refractivity contribution is 7.89. The number of nitrogens with one attached hydrogen (secondary N) is 2. The van der Waals surface area contributed by atoms with E-state index in [1.54, 1.807) is 29.5 Å². The SMILES string of the molecule is CNS(=O)(=O)c1ccccc1NC(C)Cc1cccs1. The zero-order valence-corrected chi connectivity index (χ0v) is 13.1. The molecule has 0 aliphatic rings. The van der Waals surface area contributed by atoms with Gasteiger partial charge in [-0.05, 0) is 37.6 Å². The van der Waals surface area contributed by atoms with Crippen molar-refractivity contribution in [3.05, 3.63) is 46.7 Å². The van der Waals surface area contributed by atoms with E-state index in [4.69, 9.17) is 0 Å². The van der Waals surface area contributed by atoms with E-state index in [9.17, 15) is 8.42 Å². The molecule has 0 spiro atoms. The second kappa shape index (κ2) is 6.39. The molecule has 6 heteroatoms. The molecule has 2 aromatic rings. The first-order valence-electron chi connectivity index (χ1n) is 6.34. The Kier molecular flexibility index (Phi) is 4.80. The summed E-state index contributed by atoms with van der Waals surface area (Å²) in [4.78, 5) is 1.56. The highest BCUT2D eigenvalue weighted by atomic mass is 32.2. The maximum Gasteiger partial charge on any atom is 0.242 e. The summed E-state index contributed by atoms with van der Waals surface area (Å²) in [7, 11) is -2.03. The molecule has 0 aliphatic heterocycles. The van der Waals surface area contributed by atoms with Crippen molar-refractivity contribution in [3.8, 4) is 0 Å². The van der Waals surface area contributed by atoms with Crippen LogP contribution in [0.25, 0.3) is 0 Å². The fraction of sp³-hybridized carbons (Fsp3) is 0.286. The van der Waals surface area contributed by atoms with E-state index in [-0.39, 0.29) is 10.9 Å². The van der Waals surface area contributed by atoms with Crippen molar-refractivity contribution >= 4 is 27.0 Å². The van der Waals surface area contributed by atoms with Crippen LogP contribution in [0.1, 0.15) is 11.8 Å². The first-order valence-corrected chi connectivity index (χ1v) is 8.70. The molecule has 1 heterocycles. The molecule has 0 radical (unpaired) electrons. The van der Waals surface area contributed by atoms with Gasteiger partial charge >= 0.3 is 0 Å². The van der Waals surface area contributed by atoms with Crippen LogP contribution in [0.3, 0.4) is 0 Å². The normalized spacial score (nSPS) is 13.1. The Hall–Kier alpha value is -1.37. The smallest absolute Gasteiger partial charge is 0.242 e. The molecular formula is C14H18N2O2S2. The highest BCUT2D eigenvalue weighted by Crippen LogP contribution is 2.22. The lowest BCUT2D eigenvalue weighted by atomic mass is 10.2. The van der Waals surface area contributed by atoms with Crippen molar-refractivity contribution < 1.29 is 8.42 Å². The number of thiophene rings is 1. The Balaban J connectivity index is 2.17. The second-order valence-electron chi connectivity index (χ2n) is 4.53. The molecule has 1 atom stereocenters. The lowest BCUT2D eigenvalue weighted by molar-refractivity contribution is 0.588. The van der Waals surface area contributed by atoms with E-state index in [2.05, 4.69) is 16.1 Å². The summed E-state index contributed by atoms with van der Waals surface area (Å²) >= 11 is 1.71. The van der Waals surface area contributed by atoms with Gasteiger partial charge in [-0.15, -0.1) is 11.3 Å². The Morgan fingerprint density at radius 3 is 2.60 bits per heavy atom. The molecule has 0 aliphatic carbocycles. The fourth-order valence-corrected chi connectivity index (χ4v) is 3.71. The van der Waals surface area contributed by atoms with Crippen LogP contribution < -0.4 is 10.0 Å². The third-order valence-corrected chi connectivity index (χ3v) is 5.31. The molecule has 0 fully saturated rings. The van der Waals surface area contributed by atoms with E-state index in [0.29, 0.717) is 5.69 Å². The molecule has 0 saturated carbocycles. The lowest BCUT2D eigenvalue weighted by Gasteiger charge is -2.17. The van der Waals surface area contributed by atoms with Crippen molar-refractivity contribution in [1.82, 2.24) is 4.72 Å². The number of sulfonamides is 1. The van der Waals surface area contributed by atoms with Crippen LogP contribution in [0.4, 0.5) is 5.69 Å². The first-order chi connectivity index (χ1) is 9.53. The van der Waals surface area contributed by atoms with E-state index in [0.717, 1.165) is 6.42 Å². The van der Waals surface area contributed by atoms with Crippen molar-refractivity contribution in [1.29, 1.82) is 0 Å². The van der Waals surface area contributed by atoms with Gasteiger partial charge in [0.1, 0.15) is 4.90 Å². The fourth-order valence-electron chi connectivity index (χ4n) is 1.98. The Bertz CT molecular complexity index is 652. The van der Waals surface area contributed by atoms with Crippen molar-refractivity contribution in [2.75, 3.05) is 12.4 Å². The van der Waals surface area contributed by atoms with Gasteiger partial charge in [-0.25, -0.2) is 13.1 Å². The summed E-state index contributed by atoms with van der Waals surface area (Å²) in [6.07, 6.45) is 0.867. The van der Waals surface area contributed by atoms with Crippen LogP contribution in [-0.4, -0.2) is 21.5 Å². The highest BCUT2D eigenvalue weighted by Gasteiger charge is 2.17. The van der Waals surface area contributed by atoms with E-state index in [1.165, 1.54) is 11.9 Å². The van der Waals surface area contributed by atoms with Gasteiger partial charge < -0.3 is 5.32 Å². The molecular weight excluding hydrogens is 292 g/mol. The summed E-state index contributed by atoms with van der Waals surface area (Å²) in [5, 5.41) is 5.32. The molecule has 0 amide bonds. The van der Waals surface area contributed by atoms with Gasteiger partial charge in [0.25, 0.3) is 0 Å². The molecule has 0 saturated heterocycles. The van der Waals surface area contributed by atoms with Gasteiger partial charge in [-0.1, -0.05) is 18.2 Å². The van der Waals surface area contributed by atoms with E-state index < -0.39 is 10.0 Å². The monoisotopic (exact) mass is 310 g/mol. The Labute approximate surface area is 123 Å². The van der Waals surface area contributed by atoms with E-state index >= 15 is 0 Å². The van der Waals surface area contributed by atoms with Crippen LogP contribution in [-0.2, 0) is 16.4 Å². The minimum atomic E-state index is -3.45. The molecule has 2 N–H and O–H groups in total. The van der Waals surface area contributed by atoms with Crippen LogP contribution in [0.5, 0.6) is 0 Å². The topological polar surface area (TPSA) is 58.2 Å². The number of rotatable bonds is 6. The summed E-state index contributed by atoms with van der Waals surface area (Å²) in [6.45, 7) is 2.04. The van der Waals surface area contributed by atoms with Crippen LogP contribution in [0.15, 0.2) is 46.7 Å². The second-order valence-corrected chi connectivity index (χ2v) is 7.42. The van der Waals surface area contributed by atoms with Gasteiger partial charge in [-0.2, -0.15) is 0 Å². The summed E-state index contributed by atoms with van der Waals surface area (Å²) in [5.41, 5.74) is 0.630. The predicted molar refractivity (Wildman–Crippen MR) is 83.8 cm³/mol. The maximum absolute atomic E-state index is 12.0. The standard InChI is InChI=1S/C14H18N2O2S2/c1-11(10-12-6-5-9-19-12)16-13-7-3-4-8-14(13)20(17,18)15-2/h3-9,11,15-16H,10H2,1-2H3. The number of anilines is 1. The number of para-hydroxylation sites is 1. The Morgan fingerprint density at radius 1 is 1.20 bits per heavy atom. The van der Waals surface area contributed by atoms with Gasteiger partial charge in [0.2, 0.25) is 10.0 Å². The third kappa shape index (κ3) is 3.59. The van der Waals surface area contributed by atoms with Gasteiger partial charge in [-0.3, -0.25) is 0 Å². The number of benzene rings is 1. The summed E-state index contributed by atoms with van der Waals surface area (Å²) < 4.78 is 26.3. The molecule has 1 aromatic carbocycles. The number of hydrogen-bond acceptors (Lipinski definition) is 4. The molecule has 20 heavy (non-hydrogen) atoms. The minimum Gasteiger partial charge on any atom is -0.381 e. The maximum atomic E-state index is 12.0. The first kappa shape index (κ1) is 15.0. The summed E-state index contributed by atoms with van der Waals surface area (Å²) in [5.74, 6) is 0. The van der Waals surface area contributed by atoms with Crippen LogP contribution in [0.2, 0.25) is 0 Å². The third-order valence-electron chi connectivity index (χ3n) is 2.93. The molecule has 4 nitrogen and oxygen atoms in total. The molecule has 1 unspecified atom stereocenters. The molecule has 2 rings (SSSR count). The van der Waals surface area contributed by atoms with Crippen molar-refractivity contribution in [2.45, 2.75) is 24.3 Å². The van der Waals surface area contributed by atoms with Crippen LogP contribution >= 0.6 is 11.3 Å². The molecule has 0 bridgehead atoms. The van der Waals surface area contributed by atoms with Crippen molar-refractivity contribution in [3.63, 3.8) is 0 Å². The predicted octanol–water partition coefficient (Wildman–Crippen LogP) is 2.70. The van der Waals surface area contributed by atoms with Gasteiger partial charge in [0.05, 0.1) is 5.69 Å². The Morgan fingerprint density at radius 2 is 1.95 bits per heavy atom. The van der Waals surface area contributed by atoms with E-state index in [1.807, 2.05) is 24.4 Å². The minimum absolute atomic E-state index is 0.154. The average molecular weight is 310 g/mol. The van der Waals surface area contributed by atoms with Crippen LogP contribution in [0, 0.1) is 0 Å².